The minimum absolute atomic E-state index is 0.890. The Morgan fingerprint density at radius 3 is 1.88 bits per heavy atom. The van der Waals surface area contributed by atoms with Gasteiger partial charge in [-0.1, -0.05) is 115 Å². The fraction of sp³-hybridized carbons (Fsp3) is 0. The van der Waals surface area contributed by atoms with Crippen molar-refractivity contribution in [3.8, 4) is 28.2 Å². The maximum absolute atomic E-state index is 5.19. The highest BCUT2D eigenvalue weighted by molar-refractivity contribution is 6.16. The van der Waals surface area contributed by atoms with Crippen molar-refractivity contribution < 1.29 is 0 Å². The highest BCUT2D eigenvalue weighted by atomic mass is 15.0. The predicted molar refractivity (Wildman–Crippen MR) is 178 cm³/mol. The zero-order valence-corrected chi connectivity index (χ0v) is 23.3. The van der Waals surface area contributed by atoms with E-state index in [4.69, 9.17) is 9.97 Å². The van der Waals surface area contributed by atoms with E-state index in [0.29, 0.717) is 0 Å². The van der Waals surface area contributed by atoms with Gasteiger partial charge in [0.15, 0.2) is 0 Å². The maximum atomic E-state index is 5.19. The molecule has 0 spiro atoms. The third-order valence-corrected chi connectivity index (χ3v) is 8.53. The lowest BCUT2D eigenvalue weighted by Gasteiger charge is -2.12. The summed E-state index contributed by atoms with van der Waals surface area (Å²) in [7, 11) is 0. The van der Waals surface area contributed by atoms with E-state index in [0.717, 1.165) is 33.5 Å². The van der Waals surface area contributed by atoms with E-state index in [2.05, 4.69) is 126 Å². The third kappa shape index (κ3) is 3.68. The Hall–Kier alpha value is -5.80. The molecular formula is C40H25N3. The smallest absolute Gasteiger partial charge is 0.0973 e. The number of rotatable bonds is 3. The van der Waals surface area contributed by atoms with Gasteiger partial charge in [-0.2, -0.15) is 0 Å². The van der Waals surface area contributed by atoms with Gasteiger partial charge in [-0.05, 0) is 53.1 Å². The van der Waals surface area contributed by atoms with Gasteiger partial charge in [0.05, 0.1) is 39.1 Å². The van der Waals surface area contributed by atoms with Gasteiger partial charge in [-0.15, -0.1) is 0 Å². The zero-order valence-electron chi connectivity index (χ0n) is 23.3. The van der Waals surface area contributed by atoms with E-state index in [1.165, 1.54) is 49.8 Å². The fourth-order valence-electron chi connectivity index (χ4n) is 6.59. The average Bonchev–Trinajstić information content (AvgIpc) is 3.32. The van der Waals surface area contributed by atoms with Crippen LogP contribution in [0.2, 0.25) is 0 Å². The topological polar surface area (TPSA) is 30.7 Å². The van der Waals surface area contributed by atoms with Gasteiger partial charge >= 0.3 is 0 Å². The fourth-order valence-corrected chi connectivity index (χ4v) is 6.59. The summed E-state index contributed by atoms with van der Waals surface area (Å²) < 4.78 is 2.44. The molecule has 0 amide bonds. The molecule has 43 heavy (non-hydrogen) atoms. The van der Waals surface area contributed by atoms with Crippen LogP contribution in [-0.4, -0.2) is 14.5 Å². The van der Waals surface area contributed by atoms with Crippen LogP contribution in [0.1, 0.15) is 16.7 Å². The number of benzene rings is 6. The quantitative estimate of drug-likeness (QED) is 0.220. The Balaban J connectivity index is 1.36. The van der Waals surface area contributed by atoms with Gasteiger partial charge in [0.2, 0.25) is 0 Å². The van der Waals surface area contributed by atoms with E-state index in [1.807, 2.05) is 30.3 Å². The number of fused-ring (bicyclic) bond motifs is 6. The molecule has 3 nitrogen and oxygen atoms in total. The van der Waals surface area contributed by atoms with Crippen molar-refractivity contribution in [2.45, 2.75) is 0 Å². The normalized spacial score (nSPS) is 12.3. The van der Waals surface area contributed by atoms with Gasteiger partial charge in [0.1, 0.15) is 0 Å². The first-order chi connectivity index (χ1) is 21.3. The van der Waals surface area contributed by atoms with Crippen LogP contribution in [0.3, 0.4) is 0 Å². The molecule has 0 fully saturated rings. The summed E-state index contributed by atoms with van der Waals surface area (Å²) in [6, 6.07) is 51.3. The molecule has 200 valence electrons. The first-order valence-electron chi connectivity index (χ1n) is 14.6. The number of nitrogens with zero attached hydrogens (tertiary/aromatic N) is 3. The molecule has 0 bridgehead atoms. The van der Waals surface area contributed by atoms with Crippen LogP contribution < -0.4 is 0 Å². The number of hydrogen-bond acceptors (Lipinski definition) is 2. The Morgan fingerprint density at radius 2 is 1.12 bits per heavy atom. The lowest BCUT2D eigenvalue weighted by atomic mass is 9.94. The Bertz CT molecular complexity index is 2380. The van der Waals surface area contributed by atoms with Gasteiger partial charge < -0.3 is 4.57 Å². The molecule has 3 heteroatoms. The van der Waals surface area contributed by atoms with Crippen LogP contribution in [0, 0.1) is 0 Å². The Morgan fingerprint density at radius 1 is 0.465 bits per heavy atom. The number of hydrogen-bond donors (Lipinski definition) is 0. The van der Waals surface area contributed by atoms with Crippen molar-refractivity contribution in [3.63, 3.8) is 0 Å². The summed E-state index contributed by atoms with van der Waals surface area (Å²) in [4.78, 5) is 10.3. The molecule has 0 saturated carbocycles. The Kier molecular flexibility index (Phi) is 5.20. The highest BCUT2D eigenvalue weighted by Crippen LogP contribution is 2.43. The number of aromatic nitrogens is 3. The lowest BCUT2D eigenvalue weighted by Crippen LogP contribution is -1.97. The van der Waals surface area contributed by atoms with Crippen LogP contribution in [0.4, 0.5) is 0 Å². The van der Waals surface area contributed by atoms with Gasteiger partial charge in [-0.3, -0.25) is 0 Å². The maximum Gasteiger partial charge on any atom is 0.0973 e. The van der Waals surface area contributed by atoms with E-state index in [-0.39, 0.29) is 0 Å². The Labute approximate surface area is 249 Å². The molecule has 6 aromatic carbocycles. The molecule has 0 N–H and O–H groups in total. The molecule has 0 saturated heterocycles. The molecule has 0 radical (unpaired) electrons. The first-order valence-corrected chi connectivity index (χ1v) is 14.6. The molecule has 9 rings (SSSR count). The minimum Gasteiger partial charge on any atom is -0.308 e. The molecular weight excluding hydrogens is 522 g/mol. The third-order valence-electron chi connectivity index (χ3n) is 8.53. The van der Waals surface area contributed by atoms with Gasteiger partial charge in [0, 0.05) is 27.5 Å². The van der Waals surface area contributed by atoms with E-state index in [1.54, 1.807) is 0 Å². The molecule has 2 aromatic heterocycles. The number of para-hydroxylation sites is 4. The van der Waals surface area contributed by atoms with Crippen molar-refractivity contribution in [2.24, 2.45) is 0 Å². The van der Waals surface area contributed by atoms with Gasteiger partial charge in [-0.25, -0.2) is 9.97 Å². The summed E-state index contributed by atoms with van der Waals surface area (Å²) in [6.07, 6.45) is 2.34. The van der Waals surface area contributed by atoms with Gasteiger partial charge in [0.25, 0.3) is 0 Å². The van der Waals surface area contributed by atoms with Crippen molar-refractivity contribution in [2.75, 3.05) is 0 Å². The van der Waals surface area contributed by atoms with Crippen LogP contribution in [-0.2, 0) is 0 Å². The van der Waals surface area contributed by atoms with E-state index in [9.17, 15) is 0 Å². The second-order valence-corrected chi connectivity index (χ2v) is 11.0. The molecule has 0 aliphatic carbocycles. The van der Waals surface area contributed by atoms with E-state index >= 15 is 0 Å². The minimum atomic E-state index is 0.890. The lowest BCUT2D eigenvalue weighted by molar-refractivity contribution is 1.17. The SMILES string of the molecule is C1=C(c2ccccc2)c2cccc3c4cc(-c5nc6ccccc6nc5-c5ccccc5)ccc4n(c23)-c2ccccc21. The van der Waals surface area contributed by atoms with Crippen molar-refractivity contribution in [1.29, 1.82) is 0 Å². The second-order valence-electron chi connectivity index (χ2n) is 11.0. The van der Waals surface area contributed by atoms with Crippen molar-refractivity contribution in [3.05, 3.63) is 162 Å². The summed E-state index contributed by atoms with van der Waals surface area (Å²) >= 11 is 0. The summed E-state index contributed by atoms with van der Waals surface area (Å²) in [5, 5.41) is 2.43. The van der Waals surface area contributed by atoms with Crippen LogP contribution >= 0.6 is 0 Å². The summed E-state index contributed by atoms with van der Waals surface area (Å²) in [5.74, 6) is 0. The predicted octanol–water partition coefficient (Wildman–Crippen LogP) is 9.96. The second kappa shape index (κ2) is 9.37. The van der Waals surface area contributed by atoms with Crippen molar-refractivity contribution >= 4 is 44.5 Å². The molecule has 0 unspecified atom stereocenters. The largest absolute Gasteiger partial charge is 0.308 e. The molecule has 1 aliphatic heterocycles. The molecule has 1 aliphatic rings. The zero-order chi connectivity index (χ0) is 28.3. The molecule has 3 heterocycles. The molecule has 0 atom stereocenters. The summed E-state index contributed by atoms with van der Waals surface area (Å²) in [5.41, 5.74) is 14.1. The molecule has 8 aromatic rings. The standard InChI is InChI=1S/C40H25N3/c1-3-12-26(13-4-1)32-24-28-16-7-10-21-36(28)43-37-23-22-29(25-33(37)31-18-11-17-30(32)40(31)43)39-38(27-14-5-2-6-15-27)41-34-19-8-9-20-35(34)42-39/h1-25H. The van der Waals surface area contributed by atoms with Crippen LogP contribution in [0.5, 0.6) is 0 Å². The first kappa shape index (κ1) is 23.9. The van der Waals surface area contributed by atoms with Crippen LogP contribution in [0.15, 0.2) is 146 Å². The summed E-state index contributed by atoms with van der Waals surface area (Å²) in [6.45, 7) is 0. The monoisotopic (exact) mass is 547 g/mol. The van der Waals surface area contributed by atoms with Crippen LogP contribution in [0.25, 0.3) is 72.7 Å². The van der Waals surface area contributed by atoms with E-state index < -0.39 is 0 Å². The average molecular weight is 548 g/mol. The van der Waals surface area contributed by atoms with Crippen molar-refractivity contribution in [1.82, 2.24) is 14.5 Å². The highest BCUT2D eigenvalue weighted by Gasteiger charge is 2.23.